The van der Waals surface area contributed by atoms with Gasteiger partial charge in [0.05, 0.1) is 5.92 Å². The van der Waals surface area contributed by atoms with E-state index < -0.39 is 28.9 Å². The van der Waals surface area contributed by atoms with Gasteiger partial charge in [-0.05, 0) is 26.2 Å². The number of aliphatic carboxylic acids is 1. The molecule has 1 N–H and O–H groups in total. The van der Waals surface area contributed by atoms with Crippen molar-refractivity contribution < 1.29 is 19.4 Å². The smallest absolute Gasteiger partial charge is 0.330 e. The molecule has 0 rings (SSSR count). The van der Waals surface area contributed by atoms with Crippen molar-refractivity contribution in [3.05, 3.63) is 12.2 Å². The maximum atomic E-state index is 11.4. The minimum Gasteiger partial charge on any atom is -0.481 e. The van der Waals surface area contributed by atoms with Crippen molar-refractivity contribution in [3.63, 3.8) is 0 Å². The van der Waals surface area contributed by atoms with E-state index in [1.54, 1.807) is 20.8 Å². The number of esters is 1. The number of rotatable bonds is 3. The fraction of sp³-hybridized carbons (Fsp3) is 0.692. The standard InChI is InChI=1S/C13H22O4/c1-12(2,3)9(11(15)16)7-8-10(14)17-13(4,5)6/h7-9H,1-6H3,(H,15,16)/b8-7-/t9-/m0/s1. The monoisotopic (exact) mass is 242 g/mol. The van der Waals surface area contributed by atoms with E-state index in [4.69, 9.17) is 9.84 Å². The summed E-state index contributed by atoms with van der Waals surface area (Å²) in [6.07, 6.45) is 2.58. The van der Waals surface area contributed by atoms with Crippen LogP contribution in [0.4, 0.5) is 0 Å². The lowest BCUT2D eigenvalue weighted by Gasteiger charge is -2.24. The third-order valence-corrected chi connectivity index (χ3v) is 2.03. The van der Waals surface area contributed by atoms with Gasteiger partial charge in [-0.15, -0.1) is 0 Å². The molecule has 0 aromatic carbocycles. The quantitative estimate of drug-likeness (QED) is 0.610. The third-order valence-electron chi connectivity index (χ3n) is 2.03. The fourth-order valence-corrected chi connectivity index (χ4v) is 1.25. The maximum absolute atomic E-state index is 11.4. The summed E-state index contributed by atoms with van der Waals surface area (Å²) in [5.41, 5.74) is -1.01. The molecule has 0 saturated heterocycles. The van der Waals surface area contributed by atoms with E-state index in [1.807, 2.05) is 20.8 Å². The van der Waals surface area contributed by atoms with E-state index in [9.17, 15) is 9.59 Å². The summed E-state index contributed by atoms with van der Waals surface area (Å²) in [5, 5.41) is 9.05. The summed E-state index contributed by atoms with van der Waals surface area (Å²) in [4.78, 5) is 22.5. The summed E-state index contributed by atoms with van der Waals surface area (Å²) < 4.78 is 5.06. The van der Waals surface area contributed by atoms with Gasteiger partial charge in [0.15, 0.2) is 0 Å². The molecule has 0 heterocycles. The fourth-order valence-electron chi connectivity index (χ4n) is 1.25. The second kappa shape index (κ2) is 5.34. The number of ether oxygens (including phenoxy) is 1. The normalized spacial score (nSPS) is 14.7. The Morgan fingerprint density at radius 2 is 1.59 bits per heavy atom. The molecule has 0 aliphatic carbocycles. The van der Waals surface area contributed by atoms with Crippen LogP contribution >= 0.6 is 0 Å². The van der Waals surface area contributed by atoms with Gasteiger partial charge >= 0.3 is 11.9 Å². The van der Waals surface area contributed by atoms with Crippen molar-refractivity contribution in [2.45, 2.75) is 47.1 Å². The van der Waals surface area contributed by atoms with Crippen molar-refractivity contribution in [1.29, 1.82) is 0 Å². The molecule has 1 atom stereocenters. The number of carboxylic acids is 1. The van der Waals surface area contributed by atoms with Crippen molar-refractivity contribution >= 4 is 11.9 Å². The van der Waals surface area contributed by atoms with Crippen LogP contribution < -0.4 is 0 Å². The molecule has 0 fully saturated rings. The summed E-state index contributed by atoms with van der Waals surface area (Å²) >= 11 is 0. The first kappa shape index (κ1) is 15.7. The molecule has 4 nitrogen and oxygen atoms in total. The zero-order valence-corrected chi connectivity index (χ0v) is 11.4. The van der Waals surface area contributed by atoms with E-state index in [-0.39, 0.29) is 0 Å². The van der Waals surface area contributed by atoms with E-state index in [2.05, 4.69) is 0 Å². The first-order valence-corrected chi connectivity index (χ1v) is 5.57. The first-order chi connectivity index (χ1) is 7.43. The summed E-state index contributed by atoms with van der Waals surface area (Å²) in [6.45, 7) is 10.7. The lowest BCUT2D eigenvalue weighted by atomic mass is 9.80. The Bertz CT molecular complexity index is 315. The molecule has 0 aliphatic heterocycles. The molecule has 0 spiro atoms. The molecule has 0 bridgehead atoms. The zero-order valence-electron chi connectivity index (χ0n) is 11.4. The van der Waals surface area contributed by atoms with Crippen LogP contribution in [0.25, 0.3) is 0 Å². The Morgan fingerprint density at radius 3 is 1.88 bits per heavy atom. The molecule has 0 amide bonds. The molecule has 4 heteroatoms. The Morgan fingerprint density at radius 1 is 1.12 bits per heavy atom. The van der Waals surface area contributed by atoms with Crippen LogP contribution in [0.15, 0.2) is 12.2 Å². The molecular formula is C13H22O4. The highest BCUT2D eigenvalue weighted by atomic mass is 16.6. The number of hydrogen-bond donors (Lipinski definition) is 1. The molecule has 0 aliphatic rings. The highest BCUT2D eigenvalue weighted by Gasteiger charge is 2.29. The van der Waals surface area contributed by atoms with E-state index in [0.29, 0.717) is 0 Å². The van der Waals surface area contributed by atoms with Crippen molar-refractivity contribution in [1.82, 2.24) is 0 Å². The van der Waals surface area contributed by atoms with Crippen LogP contribution in [-0.4, -0.2) is 22.6 Å². The van der Waals surface area contributed by atoms with Crippen LogP contribution in [0.5, 0.6) is 0 Å². The molecule has 17 heavy (non-hydrogen) atoms. The second-order valence-corrected chi connectivity index (χ2v) is 6.07. The van der Waals surface area contributed by atoms with Gasteiger partial charge in [-0.3, -0.25) is 4.79 Å². The Hall–Kier alpha value is -1.32. The van der Waals surface area contributed by atoms with Crippen LogP contribution in [0.2, 0.25) is 0 Å². The van der Waals surface area contributed by atoms with Gasteiger partial charge in [-0.2, -0.15) is 0 Å². The lowest BCUT2D eigenvalue weighted by Crippen LogP contribution is -2.27. The maximum Gasteiger partial charge on any atom is 0.330 e. The minimum absolute atomic E-state index is 0.440. The second-order valence-electron chi connectivity index (χ2n) is 6.07. The summed E-state index contributed by atoms with van der Waals surface area (Å²) in [7, 11) is 0. The SMILES string of the molecule is CC(C)(C)OC(=O)/C=C\[C@@H](C(=O)O)C(C)(C)C. The van der Waals surface area contributed by atoms with Gasteiger partial charge in [0.2, 0.25) is 0 Å². The van der Waals surface area contributed by atoms with Crippen molar-refractivity contribution in [2.75, 3.05) is 0 Å². The van der Waals surface area contributed by atoms with E-state index in [0.717, 1.165) is 0 Å². The number of hydrogen-bond acceptors (Lipinski definition) is 3. The topological polar surface area (TPSA) is 63.6 Å². The Labute approximate surface area is 103 Å². The van der Waals surface area contributed by atoms with E-state index in [1.165, 1.54) is 12.2 Å². The molecule has 0 saturated carbocycles. The predicted octanol–water partition coefficient (Wildman–Crippen LogP) is 2.63. The van der Waals surface area contributed by atoms with Gasteiger partial charge in [0, 0.05) is 6.08 Å². The summed E-state index contributed by atoms with van der Waals surface area (Å²) in [5.74, 6) is -2.18. The highest BCUT2D eigenvalue weighted by molar-refractivity contribution is 5.84. The molecule has 0 aromatic heterocycles. The lowest BCUT2D eigenvalue weighted by molar-refractivity contribution is -0.148. The average molecular weight is 242 g/mol. The number of carbonyl (C=O) groups excluding carboxylic acids is 1. The Kier molecular flexibility index (Phi) is 4.93. The number of carbonyl (C=O) groups is 2. The van der Waals surface area contributed by atoms with Crippen molar-refractivity contribution in [2.24, 2.45) is 11.3 Å². The first-order valence-electron chi connectivity index (χ1n) is 5.57. The highest BCUT2D eigenvalue weighted by Crippen LogP contribution is 2.27. The van der Waals surface area contributed by atoms with Gasteiger partial charge in [0.25, 0.3) is 0 Å². The zero-order chi connectivity index (χ0) is 13.9. The van der Waals surface area contributed by atoms with Crippen molar-refractivity contribution in [3.8, 4) is 0 Å². The van der Waals surface area contributed by atoms with E-state index >= 15 is 0 Å². The average Bonchev–Trinajstić information content (AvgIpc) is 1.96. The largest absolute Gasteiger partial charge is 0.481 e. The van der Waals surface area contributed by atoms with Crippen LogP contribution in [0.1, 0.15) is 41.5 Å². The molecule has 0 unspecified atom stereocenters. The molecule has 0 radical (unpaired) electrons. The van der Waals surface area contributed by atoms with Crippen LogP contribution in [0.3, 0.4) is 0 Å². The molecular weight excluding hydrogens is 220 g/mol. The summed E-state index contributed by atoms with van der Waals surface area (Å²) in [6, 6.07) is 0. The predicted molar refractivity (Wildman–Crippen MR) is 65.6 cm³/mol. The number of carboxylic acid groups (broad SMARTS) is 1. The van der Waals surface area contributed by atoms with Gasteiger partial charge < -0.3 is 9.84 Å². The van der Waals surface area contributed by atoms with Crippen LogP contribution in [-0.2, 0) is 14.3 Å². The Balaban J connectivity index is 4.69. The third kappa shape index (κ3) is 6.76. The minimum atomic E-state index is -0.947. The van der Waals surface area contributed by atoms with Gasteiger partial charge in [-0.25, -0.2) is 4.79 Å². The molecule has 0 aromatic rings. The van der Waals surface area contributed by atoms with Gasteiger partial charge in [0.1, 0.15) is 5.60 Å². The molecule has 98 valence electrons. The van der Waals surface area contributed by atoms with Crippen LogP contribution in [0, 0.1) is 11.3 Å². The van der Waals surface area contributed by atoms with Gasteiger partial charge in [-0.1, -0.05) is 26.8 Å².